The number of hydrogen-bond acceptors (Lipinski definition) is 2. The molecule has 1 aromatic carbocycles. The smallest absolute Gasteiger partial charge is 0.245 e. The van der Waals surface area contributed by atoms with Crippen molar-refractivity contribution in [1.82, 2.24) is 10.2 Å². The Kier molecular flexibility index (Phi) is 4.06. The number of amides is 1. The minimum absolute atomic E-state index is 0.143. The van der Waals surface area contributed by atoms with E-state index in [-0.39, 0.29) is 11.9 Å². The van der Waals surface area contributed by atoms with Gasteiger partial charge in [0.1, 0.15) is 6.04 Å². The molecule has 0 bridgehead atoms. The summed E-state index contributed by atoms with van der Waals surface area (Å²) >= 11 is 0. The number of rotatable bonds is 3. The number of nitrogens with zero attached hydrogens (tertiary/aromatic N) is 1. The first-order chi connectivity index (χ1) is 9.75. The van der Waals surface area contributed by atoms with Gasteiger partial charge in [-0.25, -0.2) is 0 Å². The SMILES string of the molecule is CC1CCCCC1CN1CNC(c2ccccc2)C1=O. The molecule has 3 unspecified atom stereocenters. The van der Waals surface area contributed by atoms with Crippen molar-refractivity contribution in [2.75, 3.05) is 13.2 Å². The van der Waals surface area contributed by atoms with E-state index < -0.39 is 0 Å². The van der Waals surface area contributed by atoms with Gasteiger partial charge in [0, 0.05) is 6.54 Å². The average molecular weight is 272 g/mol. The zero-order valence-corrected chi connectivity index (χ0v) is 12.2. The van der Waals surface area contributed by atoms with Crippen LogP contribution in [0.1, 0.15) is 44.2 Å². The van der Waals surface area contributed by atoms with Crippen LogP contribution in [0.4, 0.5) is 0 Å². The third kappa shape index (κ3) is 2.73. The van der Waals surface area contributed by atoms with Crippen molar-refractivity contribution in [1.29, 1.82) is 0 Å². The van der Waals surface area contributed by atoms with Crippen LogP contribution < -0.4 is 5.32 Å². The second-order valence-corrected chi connectivity index (χ2v) is 6.29. The fourth-order valence-electron chi connectivity index (χ4n) is 3.56. The van der Waals surface area contributed by atoms with Gasteiger partial charge in [-0.3, -0.25) is 10.1 Å². The molecular weight excluding hydrogens is 248 g/mol. The van der Waals surface area contributed by atoms with Crippen LogP contribution >= 0.6 is 0 Å². The fourth-order valence-corrected chi connectivity index (χ4v) is 3.56. The first-order valence-corrected chi connectivity index (χ1v) is 7.83. The van der Waals surface area contributed by atoms with Crippen LogP contribution in [-0.2, 0) is 4.79 Å². The minimum Gasteiger partial charge on any atom is -0.328 e. The van der Waals surface area contributed by atoms with E-state index in [0.29, 0.717) is 12.6 Å². The van der Waals surface area contributed by atoms with Crippen LogP contribution in [0.15, 0.2) is 30.3 Å². The fraction of sp³-hybridized carbons (Fsp3) is 0.588. The second-order valence-electron chi connectivity index (χ2n) is 6.29. The van der Waals surface area contributed by atoms with E-state index in [1.165, 1.54) is 25.7 Å². The van der Waals surface area contributed by atoms with Gasteiger partial charge in [-0.2, -0.15) is 0 Å². The molecule has 1 saturated carbocycles. The molecule has 0 spiro atoms. The molecule has 1 aromatic rings. The maximum atomic E-state index is 12.5. The van der Waals surface area contributed by atoms with Gasteiger partial charge >= 0.3 is 0 Å². The van der Waals surface area contributed by atoms with Gasteiger partial charge in [-0.15, -0.1) is 0 Å². The molecule has 1 amide bonds. The second kappa shape index (κ2) is 5.96. The van der Waals surface area contributed by atoms with Crippen molar-refractivity contribution >= 4 is 5.91 Å². The van der Waals surface area contributed by atoms with Crippen molar-refractivity contribution < 1.29 is 4.79 Å². The van der Waals surface area contributed by atoms with Gasteiger partial charge in [0.15, 0.2) is 0 Å². The van der Waals surface area contributed by atoms with Gasteiger partial charge in [-0.05, 0) is 23.8 Å². The monoisotopic (exact) mass is 272 g/mol. The lowest BCUT2D eigenvalue weighted by Gasteiger charge is -2.31. The molecule has 108 valence electrons. The predicted octanol–water partition coefficient (Wildman–Crippen LogP) is 2.94. The Bertz CT molecular complexity index is 459. The van der Waals surface area contributed by atoms with Crippen LogP contribution in [0.5, 0.6) is 0 Å². The third-order valence-corrected chi connectivity index (χ3v) is 4.92. The molecule has 1 saturated heterocycles. The summed E-state index contributed by atoms with van der Waals surface area (Å²) in [6.45, 7) is 3.96. The maximum Gasteiger partial charge on any atom is 0.245 e. The molecule has 1 aliphatic heterocycles. The lowest BCUT2D eigenvalue weighted by molar-refractivity contribution is -0.129. The van der Waals surface area contributed by atoms with Crippen LogP contribution in [0.25, 0.3) is 0 Å². The summed E-state index contributed by atoms with van der Waals surface area (Å²) in [5.41, 5.74) is 1.08. The molecule has 1 heterocycles. The first-order valence-electron chi connectivity index (χ1n) is 7.83. The highest BCUT2D eigenvalue weighted by atomic mass is 16.2. The van der Waals surface area contributed by atoms with Crippen LogP contribution in [0, 0.1) is 11.8 Å². The average Bonchev–Trinajstić information content (AvgIpc) is 2.84. The molecule has 2 aliphatic rings. The lowest BCUT2D eigenvalue weighted by atomic mass is 9.80. The number of hydrogen-bond donors (Lipinski definition) is 1. The summed E-state index contributed by atoms with van der Waals surface area (Å²) < 4.78 is 0. The zero-order chi connectivity index (χ0) is 13.9. The first kappa shape index (κ1) is 13.6. The van der Waals surface area contributed by atoms with Crippen LogP contribution in [0.3, 0.4) is 0 Å². The number of carbonyl (C=O) groups is 1. The molecule has 3 atom stereocenters. The largest absolute Gasteiger partial charge is 0.328 e. The van der Waals surface area contributed by atoms with E-state index >= 15 is 0 Å². The lowest BCUT2D eigenvalue weighted by Crippen LogP contribution is -2.35. The van der Waals surface area contributed by atoms with E-state index in [0.717, 1.165) is 18.0 Å². The number of nitrogens with one attached hydrogen (secondary N) is 1. The summed E-state index contributed by atoms with van der Waals surface area (Å²) in [5.74, 6) is 1.69. The normalized spacial score (nSPS) is 30.8. The number of carbonyl (C=O) groups excluding carboxylic acids is 1. The van der Waals surface area contributed by atoms with E-state index in [1.807, 2.05) is 35.2 Å². The highest BCUT2D eigenvalue weighted by molar-refractivity contribution is 5.85. The molecule has 1 aliphatic carbocycles. The molecule has 20 heavy (non-hydrogen) atoms. The Morgan fingerprint density at radius 2 is 1.95 bits per heavy atom. The quantitative estimate of drug-likeness (QED) is 0.917. The van der Waals surface area contributed by atoms with Crippen LogP contribution in [0.2, 0.25) is 0 Å². The van der Waals surface area contributed by atoms with E-state index in [4.69, 9.17) is 0 Å². The topological polar surface area (TPSA) is 32.3 Å². The van der Waals surface area contributed by atoms with Gasteiger partial charge < -0.3 is 4.90 Å². The van der Waals surface area contributed by atoms with Crippen molar-refractivity contribution in [3.63, 3.8) is 0 Å². The Hall–Kier alpha value is -1.35. The summed E-state index contributed by atoms with van der Waals surface area (Å²) in [7, 11) is 0. The summed E-state index contributed by atoms with van der Waals surface area (Å²) in [4.78, 5) is 14.6. The molecular formula is C17H24N2O. The molecule has 1 N–H and O–H groups in total. The van der Waals surface area contributed by atoms with Gasteiger partial charge in [-0.1, -0.05) is 56.5 Å². The zero-order valence-electron chi connectivity index (χ0n) is 12.2. The molecule has 3 rings (SSSR count). The summed E-state index contributed by atoms with van der Waals surface area (Å²) in [6.07, 6.45) is 5.28. The number of benzene rings is 1. The molecule has 0 aromatic heterocycles. The van der Waals surface area contributed by atoms with Crippen molar-refractivity contribution in [3.8, 4) is 0 Å². The Morgan fingerprint density at radius 3 is 2.70 bits per heavy atom. The predicted molar refractivity (Wildman–Crippen MR) is 80.0 cm³/mol. The highest BCUT2D eigenvalue weighted by Crippen LogP contribution is 2.31. The van der Waals surface area contributed by atoms with E-state index in [2.05, 4.69) is 12.2 Å². The van der Waals surface area contributed by atoms with E-state index in [9.17, 15) is 4.79 Å². The Labute approximate surface area is 121 Å². The van der Waals surface area contributed by atoms with E-state index in [1.54, 1.807) is 0 Å². The van der Waals surface area contributed by atoms with Crippen molar-refractivity contribution in [2.45, 2.75) is 38.6 Å². The Balaban J connectivity index is 1.64. The van der Waals surface area contributed by atoms with Crippen molar-refractivity contribution in [2.24, 2.45) is 11.8 Å². The standard InChI is InChI=1S/C17H24N2O/c1-13-7-5-6-10-15(13)11-19-12-18-16(17(19)20)14-8-3-2-4-9-14/h2-4,8-9,13,15-16,18H,5-7,10-12H2,1H3. The highest BCUT2D eigenvalue weighted by Gasteiger charge is 2.34. The van der Waals surface area contributed by atoms with Crippen molar-refractivity contribution in [3.05, 3.63) is 35.9 Å². The van der Waals surface area contributed by atoms with Crippen LogP contribution in [-0.4, -0.2) is 24.0 Å². The molecule has 2 fully saturated rings. The molecule has 0 radical (unpaired) electrons. The van der Waals surface area contributed by atoms with Gasteiger partial charge in [0.2, 0.25) is 5.91 Å². The summed E-state index contributed by atoms with van der Waals surface area (Å²) in [6, 6.07) is 9.90. The minimum atomic E-state index is -0.143. The van der Waals surface area contributed by atoms with Gasteiger partial charge in [0.25, 0.3) is 0 Å². The third-order valence-electron chi connectivity index (χ3n) is 4.92. The Morgan fingerprint density at radius 1 is 1.20 bits per heavy atom. The van der Waals surface area contributed by atoms with Gasteiger partial charge in [0.05, 0.1) is 6.67 Å². The maximum absolute atomic E-state index is 12.5. The summed E-state index contributed by atoms with van der Waals surface area (Å²) in [5, 5.41) is 3.35. The molecule has 3 nitrogen and oxygen atoms in total. The molecule has 3 heteroatoms.